The Morgan fingerprint density at radius 2 is 1.50 bits per heavy atom. The van der Waals surface area contributed by atoms with Gasteiger partial charge in [-0.2, -0.15) is 0 Å². The Bertz CT molecular complexity index is 325. The molecule has 0 aliphatic heterocycles. The molecule has 0 N–H and O–H groups in total. The van der Waals surface area contributed by atoms with E-state index in [2.05, 4.69) is 0 Å². The van der Waals surface area contributed by atoms with Gasteiger partial charge in [-0.15, -0.1) is 0 Å². The molecule has 0 aromatic carbocycles. The van der Waals surface area contributed by atoms with Gasteiger partial charge in [0.15, 0.2) is 0 Å². The largest absolute Gasteiger partial charge is 0.468 e. The number of hydrogen-bond acceptors (Lipinski definition) is 3. The third-order valence-corrected chi connectivity index (χ3v) is 2.93. The lowest BCUT2D eigenvalue weighted by molar-refractivity contribution is 0.567. The zero-order valence-electron chi connectivity index (χ0n) is 6.14. The molecule has 2 heterocycles. The van der Waals surface area contributed by atoms with E-state index in [0.29, 0.717) is 10.6 Å². The minimum atomic E-state index is -1.53. The molecule has 2 rings (SSSR count). The van der Waals surface area contributed by atoms with E-state index in [1.807, 2.05) is 0 Å². The molecule has 2 aromatic rings. The molecule has 0 unspecified atom stereocenters. The summed E-state index contributed by atoms with van der Waals surface area (Å²) in [6.45, 7) is 0. The molecule has 0 aliphatic rings. The van der Waals surface area contributed by atoms with E-state index in [9.17, 15) is 4.57 Å². The molecule has 2 aromatic heterocycles. The zero-order valence-corrected chi connectivity index (χ0v) is 7.03. The van der Waals surface area contributed by atoms with Crippen LogP contribution in [0.3, 0.4) is 0 Å². The molecule has 0 aliphatic carbocycles. The highest BCUT2D eigenvalue weighted by Crippen LogP contribution is 2.19. The first-order chi connectivity index (χ1) is 5.88. The van der Waals surface area contributed by atoms with Crippen molar-refractivity contribution in [2.45, 2.75) is 0 Å². The van der Waals surface area contributed by atoms with Gasteiger partial charge >= 0.3 is 7.80 Å². The predicted octanol–water partition coefficient (Wildman–Crippen LogP) is 1.65. The Balaban J connectivity index is 2.34. The highest BCUT2D eigenvalue weighted by atomic mass is 31.1. The fraction of sp³-hybridized carbons (Fsp3) is 0. The van der Waals surface area contributed by atoms with E-state index in [4.69, 9.17) is 8.83 Å². The second-order valence-electron chi connectivity index (χ2n) is 2.26. The summed E-state index contributed by atoms with van der Waals surface area (Å²) in [5.74, 6) is 0. The fourth-order valence-corrected chi connectivity index (χ4v) is 1.90. The normalized spacial score (nSPS) is 10.0. The average molecular weight is 181 g/mol. The van der Waals surface area contributed by atoms with Crippen LogP contribution in [0.1, 0.15) is 0 Å². The Kier molecular flexibility index (Phi) is 1.80. The van der Waals surface area contributed by atoms with Crippen molar-refractivity contribution < 1.29 is 13.4 Å². The summed E-state index contributed by atoms with van der Waals surface area (Å²) in [5, 5.41) is 1.37. The summed E-state index contributed by atoms with van der Waals surface area (Å²) >= 11 is 0. The first kappa shape index (κ1) is 7.32. The lowest BCUT2D eigenvalue weighted by Gasteiger charge is -1.73. The molecule has 0 radical (unpaired) electrons. The van der Waals surface area contributed by atoms with Crippen molar-refractivity contribution in [2.24, 2.45) is 0 Å². The minimum absolute atomic E-state index is 0.686. The monoisotopic (exact) mass is 181 g/mol. The van der Waals surface area contributed by atoms with Crippen LogP contribution in [0.2, 0.25) is 0 Å². The van der Waals surface area contributed by atoms with Crippen molar-refractivity contribution in [3.8, 4) is 0 Å². The van der Waals surface area contributed by atoms with Gasteiger partial charge in [0.1, 0.15) is 12.5 Å². The molecule has 0 bridgehead atoms. The van der Waals surface area contributed by atoms with Crippen LogP contribution < -0.4 is 10.6 Å². The molecule has 3 nitrogen and oxygen atoms in total. The minimum Gasteiger partial charge on any atom is -0.468 e. The third-order valence-electron chi connectivity index (χ3n) is 1.48. The summed E-state index contributed by atoms with van der Waals surface area (Å²) in [6, 6.07) is 3.37. The molecular weight excluding hydrogens is 175 g/mol. The highest BCUT2D eigenvalue weighted by Gasteiger charge is 2.25. The maximum atomic E-state index is 11.6. The van der Waals surface area contributed by atoms with E-state index in [1.165, 1.54) is 25.1 Å². The Hall–Kier alpha value is -1.34. The smallest absolute Gasteiger partial charge is 0.422 e. The van der Waals surface area contributed by atoms with Gasteiger partial charge < -0.3 is 8.83 Å². The van der Waals surface area contributed by atoms with Crippen molar-refractivity contribution in [1.29, 1.82) is 0 Å². The molecule has 0 fully saturated rings. The Morgan fingerprint density at radius 1 is 1.00 bits per heavy atom. The van der Waals surface area contributed by atoms with Crippen LogP contribution in [0.4, 0.5) is 0 Å². The second kappa shape index (κ2) is 2.95. The van der Waals surface area contributed by atoms with Crippen LogP contribution in [0.15, 0.2) is 46.0 Å². The standard InChI is InChI=1S/C8H6O3P/c9-12(7-1-3-10-5-7)8-2-4-11-6-8/h1-6H/q+1. The molecular formula is C8H6O3P+. The van der Waals surface area contributed by atoms with Crippen LogP contribution in [-0.4, -0.2) is 0 Å². The number of rotatable bonds is 2. The summed E-state index contributed by atoms with van der Waals surface area (Å²) in [5.41, 5.74) is 0. The maximum Gasteiger partial charge on any atom is 0.422 e. The highest BCUT2D eigenvalue weighted by molar-refractivity contribution is 7.61. The van der Waals surface area contributed by atoms with Crippen molar-refractivity contribution in [3.05, 3.63) is 37.2 Å². The van der Waals surface area contributed by atoms with Crippen molar-refractivity contribution in [1.82, 2.24) is 0 Å². The summed E-state index contributed by atoms with van der Waals surface area (Å²) in [6.07, 6.45) is 5.96. The van der Waals surface area contributed by atoms with Gasteiger partial charge in [0.25, 0.3) is 0 Å². The first-order valence-corrected chi connectivity index (χ1v) is 4.65. The molecule has 4 heteroatoms. The molecule has 60 valence electrons. The van der Waals surface area contributed by atoms with Crippen molar-refractivity contribution in [3.63, 3.8) is 0 Å². The average Bonchev–Trinajstić information content (AvgIpc) is 2.77. The van der Waals surface area contributed by atoms with E-state index in [-0.39, 0.29) is 0 Å². The van der Waals surface area contributed by atoms with Gasteiger partial charge in [-0.25, -0.2) is 0 Å². The lowest BCUT2D eigenvalue weighted by Crippen LogP contribution is -2.00. The summed E-state index contributed by atoms with van der Waals surface area (Å²) in [4.78, 5) is 0. The van der Waals surface area contributed by atoms with Gasteiger partial charge in [-0.1, -0.05) is 4.57 Å². The Labute approximate surface area is 69.8 Å². The van der Waals surface area contributed by atoms with Gasteiger partial charge in [0.05, 0.1) is 12.5 Å². The van der Waals surface area contributed by atoms with Crippen LogP contribution in [0, 0.1) is 0 Å². The SMILES string of the molecule is O=[P+](c1ccoc1)c1ccoc1. The predicted molar refractivity (Wildman–Crippen MR) is 44.3 cm³/mol. The molecule has 12 heavy (non-hydrogen) atoms. The van der Waals surface area contributed by atoms with Crippen LogP contribution in [0.5, 0.6) is 0 Å². The maximum absolute atomic E-state index is 11.6. The fourth-order valence-electron chi connectivity index (χ4n) is 0.895. The van der Waals surface area contributed by atoms with Crippen LogP contribution >= 0.6 is 7.80 Å². The van der Waals surface area contributed by atoms with Gasteiger partial charge in [-0.3, -0.25) is 0 Å². The van der Waals surface area contributed by atoms with E-state index >= 15 is 0 Å². The molecule has 0 atom stereocenters. The summed E-state index contributed by atoms with van der Waals surface area (Å²) < 4.78 is 21.2. The molecule has 0 saturated heterocycles. The van der Waals surface area contributed by atoms with Crippen LogP contribution in [-0.2, 0) is 4.57 Å². The lowest BCUT2D eigenvalue weighted by atomic mass is 10.7. The number of hydrogen-bond donors (Lipinski definition) is 0. The first-order valence-electron chi connectivity index (χ1n) is 3.39. The quantitative estimate of drug-likeness (QED) is 0.661. The molecule has 0 saturated carbocycles. The second-order valence-corrected chi connectivity index (χ2v) is 3.88. The molecule has 0 spiro atoms. The van der Waals surface area contributed by atoms with Gasteiger partial charge in [0, 0.05) is 12.1 Å². The topological polar surface area (TPSA) is 43.4 Å². The van der Waals surface area contributed by atoms with Crippen LogP contribution in [0.25, 0.3) is 0 Å². The molecule has 0 amide bonds. The van der Waals surface area contributed by atoms with E-state index in [1.54, 1.807) is 12.1 Å². The van der Waals surface area contributed by atoms with Gasteiger partial charge in [-0.05, 0) is 0 Å². The van der Waals surface area contributed by atoms with Gasteiger partial charge in [0.2, 0.25) is 10.6 Å². The van der Waals surface area contributed by atoms with E-state index < -0.39 is 7.80 Å². The van der Waals surface area contributed by atoms with Crippen molar-refractivity contribution >= 4 is 18.4 Å². The Morgan fingerprint density at radius 3 is 1.83 bits per heavy atom. The number of furan rings is 2. The zero-order chi connectivity index (χ0) is 8.39. The van der Waals surface area contributed by atoms with E-state index in [0.717, 1.165) is 0 Å². The third kappa shape index (κ3) is 1.19. The van der Waals surface area contributed by atoms with Crippen molar-refractivity contribution in [2.75, 3.05) is 0 Å². The summed E-state index contributed by atoms with van der Waals surface area (Å²) in [7, 11) is -1.53.